The van der Waals surface area contributed by atoms with Gasteiger partial charge < -0.3 is 0 Å². The first-order chi connectivity index (χ1) is 10.3. The van der Waals surface area contributed by atoms with Crippen LogP contribution < -0.4 is 0 Å². The van der Waals surface area contributed by atoms with E-state index in [1.54, 1.807) is 18.2 Å². The number of rotatable bonds is 3. The van der Waals surface area contributed by atoms with Crippen molar-refractivity contribution in [3.63, 3.8) is 0 Å². The Morgan fingerprint density at radius 2 is 1.81 bits per heavy atom. The molecule has 0 aliphatic heterocycles. The third kappa shape index (κ3) is 2.80. The van der Waals surface area contributed by atoms with E-state index in [9.17, 15) is 4.39 Å². The lowest BCUT2D eigenvalue weighted by Gasteiger charge is -2.00. The fourth-order valence-corrected chi connectivity index (χ4v) is 2.05. The van der Waals surface area contributed by atoms with Crippen molar-refractivity contribution in [3.8, 4) is 11.4 Å². The normalized spacial score (nSPS) is 11.1. The highest BCUT2D eigenvalue weighted by molar-refractivity contribution is 7.71. The van der Waals surface area contributed by atoms with E-state index in [-0.39, 0.29) is 5.82 Å². The minimum absolute atomic E-state index is 0.336. The molecule has 3 aromatic rings. The Kier molecular flexibility index (Phi) is 3.70. The molecule has 3 rings (SSSR count). The maximum absolute atomic E-state index is 13.6. The van der Waals surface area contributed by atoms with E-state index >= 15 is 0 Å². The van der Waals surface area contributed by atoms with E-state index < -0.39 is 0 Å². The molecule has 0 saturated heterocycles. The Bertz CT molecular complexity index is 836. The topological polar surface area (TPSA) is 46.0 Å². The molecule has 2 aromatic carbocycles. The third-order valence-electron chi connectivity index (χ3n) is 2.90. The molecule has 4 nitrogen and oxygen atoms in total. The second-order valence-corrected chi connectivity index (χ2v) is 4.68. The molecule has 1 heterocycles. The summed E-state index contributed by atoms with van der Waals surface area (Å²) in [5.41, 5.74) is 1.26. The van der Waals surface area contributed by atoms with Crippen LogP contribution in [0.4, 0.5) is 4.39 Å². The summed E-state index contributed by atoms with van der Waals surface area (Å²) in [4.78, 5) is 0. The molecule has 104 valence electrons. The maximum atomic E-state index is 13.6. The highest BCUT2D eigenvalue weighted by atomic mass is 32.1. The number of nitrogens with zero attached hydrogens (tertiary/aromatic N) is 3. The molecule has 1 aromatic heterocycles. The number of aromatic nitrogens is 3. The predicted molar refractivity (Wildman–Crippen MR) is 82.2 cm³/mol. The molecule has 0 saturated carbocycles. The van der Waals surface area contributed by atoms with Crippen molar-refractivity contribution < 1.29 is 4.39 Å². The molecule has 0 fully saturated rings. The predicted octanol–water partition coefficient (Wildman–Crippen LogP) is 3.63. The molecule has 6 heteroatoms. The Hall–Kier alpha value is -2.60. The van der Waals surface area contributed by atoms with Crippen LogP contribution >= 0.6 is 12.2 Å². The molecule has 0 bridgehead atoms. The minimum atomic E-state index is -0.336. The molecule has 0 atom stereocenters. The molecule has 1 N–H and O–H groups in total. The van der Waals surface area contributed by atoms with E-state index in [2.05, 4.69) is 15.3 Å². The number of halogens is 1. The SMILES string of the molecule is Fc1ccccc1/C=N\n1c(-c2ccccc2)n[nH]c1=S. The van der Waals surface area contributed by atoms with Crippen molar-refractivity contribution in [1.29, 1.82) is 0 Å². The van der Waals surface area contributed by atoms with Crippen molar-refractivity contribution in [3.05, 3.63) is 70.7 Å². The first kappa shape index (κ1) is 13.4. The number of hydrogen-bond acceptors (Lipinski definition) is 3. The Morgan fingerprint density at radius 1 is 1.10 bits per heavy atom. The second kappa shape index (κ2) is 5.80. The number of nitrogens with one attached hydrogen (secondary N) is 1. The van der Waals surface area contributed by atoms with Gasteiger partial charge in [-0.05, 0) is 18.3 Å². The summed E-state index contributed by atoms with van der Waals surface area (Å²) in [5.74, 6) is 0.241. The van der Waals surface area contributed by atoms with Crippen molar-refractivity contribution in [1.82, 2.24) is 14.9 Å². The quantitative estimate of drug-likeness (QED) is 0.593. The van der Waals surface area contributed by atoms with Gasteiger partial charge in [-0.2, -0.15) is 14.9 Å². The molecule has 0 aliphatic carbocycles. The molecule has 21 heavy (non-hydrogen) atoms. The summed E-state index contributed by atoms with van der Waals surface area (Å²) in [6, 6.07) is 15.9. The number of benzene rings is 2. The number of aromatic amines is 1. The van der Waals surface area contributed by atoms with Crippen molar-refractivity contribution in [2.24, 2.45) is 5.10 Å². The smallest absolute Gasteiger partial charge is 0.216 e. The lowest BCUT2D eigenvalue weighted by atomic mass is 10.2. The summed E-state index contributed by atoms with van der Waals surface area (Å²) < 4.78 is 15.4. The van der Waals surface area contributed by atoms with E-state index in [4.69, 9.17) is 12.2 Å². The highest BCUT2D eigenvalue weighted by Crippen LogP contribution is 2.16. The fraction of sp³-hybridized carbons (Fsp3) is 0. The van der Waals surface area contributed by atoms with Gasteiger partial charge in [0, 0.05) is 11.1 Å². The molecule has 0 spiro atoms. The highest BCUT2D eigenvalue weighted by Gasteiger charge is 2.07. The van der Waals surface area contributed by atoms with Crippen LogP contribution in [0.15, 0.2) is 59.7 Å². The van der Waals surface area contributed by atoms with Gasteiger partial charge in [0.05, 0.1) is 6.21 Å². The molecule has 0 aliphatic rings. The standard InChI is InChI=1S/C15H11FN4S/c16-13-9-5-4-8-12(13)10-17-20-14(18-19-15(20)21)11-6-2-1-3-7-11/h1-10H,(H,19,21)/b17-10-. The monoisotopic (exact) mass is 298 g/mol. The average Bonchev–Trinajstić information content (AvgIpc) is 2.88. The summed E-state index contributed by atoms with van der Waals surface area (Å²) in [7, 11) is 0. The fourth-order valence-electron chi connectivity index (χ4n) is 1.87. The van der Waals surface area contributed by atoms with Crippen molar-refractivity contribution in [2.45, 2.75) is 0 Å². The van der Waals surface area contributed by atoms with Crippen molar-refractivity contribution in [2.75, 3.05) is 0 Å². The Balaban J connectivity index is 2.02. The van der Waals surface area contributed by atoms with Crippen LogP contribution in [0, 0.1) is 10.6 Å². The lowest BCUT2D eigenvalue weighted by molar-refractivity contribution is 0.625. The number of H-pyrrole nitrogens is 1. The van der Waals surface area contributed by atoms with Crippen LogP contribution in [-0.4, -0.2) is 21.1 Å². The Morgan fingerprint density at radius 3 is 2.57 bits per heavy atom. The second-order valence-electron chi connectivity index (χ2n) is 4.30. The molecule has 0 radical (unpaired) electrons. The van der Waals surface area contributed by atoms with Gasteiger partial charge in [-0.1, -0.05) is 48.5 Å². The zero-order chi connectivity index (χ0) is 14.7. The van der Waals surface area contributed by atoms with Crippen LogP contribution in [0.3, 0.4) is 0 Å². The van der Waals surface area contributed by atoms with E-state index in [1.807, 2.05) is 30.3 Å². The van der Waals surface area contributed by atoms with Crippen LogP contribution in [0.5, 0.6) is 0 Å². The van der Waals surface area contributed by atoms with Crippen molar-refractivity contribution >= 4 is 18.4 Å². The summed E-state index contributed by atoms with van der Waals surface area (Å²) in [6.45, 7) is 0. The van der Waals surface area contributed by atoms with Gasteiger partial charge >= 0.3 is 0 Å². The van der Waals surface area contributed by atoms with E-state index in [0.717, 1.165) is 5.56 Å². The maximum Gasteiger partial charge on any atom is 0.216 e. The lowest BCUT2D eigenvalue weighted by Crippen LogP contribution is -1.96. The molecular formula is C15H11FN4S. The zero-order valence-corrected chi connectivity index (χ0v) is 11.7. The number of hydrogen-bond donors (Lipinski definition) is 1. The molecule has 0 unspecified atom stereocenters. The van der Waals surface area contributed by atoms with Gasteiger partial charge in [0.15, 0.2) is 5.82 Å². The summed E-state index contributed by atoms with van der Waals surface area (Å²) >= 11 is 5.16. The molecule has 0 amide bonds. The van der Waals surface area contributed by atoms with Crippen LogP contribution in [0.1, 0.15) is 5.56 Å². The van der Waals surface area contributed by atoms with Crippen LogP contribution in [-0.2, 0) is 0 Å². The van der Waals surface area contributed by atoms with Gasteiger partial charge in [-0.25, -0.2) is 9.49 Å². The zero-order valence-electron chi connectivity index (χ0n) is 10.9. The summed E-state index contributed by atoms with van der Waals surface area (Å²) in [5, 5.41) is 11.1. The van der Waals surface area contributed by atoms with Gasteiger partial charge in [0.2, 0.25) is 4.77 Å². The first-order valence-corrected chi connectivity index (χ1v) is 6.68. The largest absolute Gasteiger partial charge is 0.250 e. The van der Waals surface area contributed by atoms with Gasteiger partial charge in [0.1, 0.15) is 5.82 Å². The molecular weight excluding hydrogens is 287 g/mol. The summed E-state index contributed by atoms with van der Waals surface area (Å²) in [6.07, 6.45) is 1.42. The minimum Gasteiger partial charge on any atom is -0.250 e. The van der Waals surface area contributed by atoms with E-state index in [0.29, 0.717) is 16.2 Å². The van der Waals surface area contributed by atoms with Gasteiger partial charge in [0.25, 0.3) is 0 Å². The van der Waals surface area contributed by atoms with Gasteiger partial charge in [-0.15, -0.1) is 0 Å². The van der Waals surface area contributed by atoms with Gasteiger partial charge in [-0.3, -0.25) is 0 Å². The van der Waals surface area contributed by atoms with E-state index in [1.165, 1.54) is 17.0 Å². The van der Waals surface area contributed by atoms with Crippen LogP contribution in [0.2, 0.25) is 0 Å². The average molecular weight is 298 g/mol. The Labute approximate surface area is 125 Å². The third-order valence-corrected chi connectivity index (χ3v) is 3.16. The van der Waals surface area contributed by atoms with Crippen LogP contribution in [0.25, 0.3) is 11.4 Å². The first-order valence-electron chi connectivity index (χ1n) is 6.27.